The van der Waals surface area contributed by atoms with E-state index in [1.807, 2.05) is 24.3 Å². The molecule has 1 heterocycles. The molecule has 0 bridgehead atoms. The first-order valence-electron chi connectivity index (χ1n) is 6.44. The monoisotopic (exact) mass is 257 g/mol. The summed E-state index contributed by atoms with van der Waals surface area (Å²) in [4.78, 5) is 11.9. The highest BCUT2D eigenvalue weighted by Gasteiger charge is 2.25. The van der Waals surface area contributed by atoms with Gasteiger partial charge in [0.25, 0.3) is 0 Å². The van der Waals surface area contributed by atoms with Crippen LogP contribution >= 0.6 is 0 Å². The minimum atomic E-state index is 0.102. The van der Waals surface area contributed by atoms with Crippen LogP contribution in [-0.4, -0.2) is 16.1 Å². The van der Waals surface area contributed by atoms with Crippen LogP contribution in [0.5, 0.6) is 0 Å². The van der Waals surface area contributed by atoms with Crippen molar-refractivity contribution in [2.24, 2.45) is 5.92 Å². The van der Waals surface area contributed by atoms with E-state index in [1.165, 1.54) is 0 Å². The lowest BCUT2D eigenvalue weighted by Gasteiger charge is -2.24. The maximum absolute atomic E-state index is 11.9. The molecular weight excluding hydrogens is 242 g/mol. The summed E-state index contributed by atoms with van der Waals surface area (Å²) in [7, 11) is 0. The Morgan fingerprint density at radius 3 is 2.84 bits per heavy atom. The van der Waals surface area contributed by atoms with E-state index in [1.54, 1.807) is 6.92 Å². The number of rotatable bonds is 3. The van der Waals surface area contributed by atoms with Gasteiger partial charge < -0.3 is 9.73 Å². The standard InChI is InChI=1S/C14H15N3O2/c1-9-16-17-14(19-9)11-6-3-7-12(8-11)15-13(18)10-4-2-5-10/h3,6-8,10H,2,4-5H2,1H3,(H,15,18). The fraction of sp³-hybridized carbons (Fsp3) is 0.357. The Morgan fingerprint density at radius 2 is 2.21 bits per heavy atom. The highest BCUT2D eigenvalue weighted by molar-refractivity contribution is 5.93. The van der Waals surface area contributed by atoms with Crippen LogP contribution in [0.1, 0.15) is 25.2 Å². The molecule has 5 nitrogen and oxygen atoms in total. The quantitative estimate of drug-likeness (QED) is 0.918. The van der Waals surface area contributed by atoms with E-state index in [0.717, 1.165) is 30.5 Å². The van der Waals surface area contributed by atoms with Crippen LogP contribution in [0, 0.1) is 12.8 Å². The van der Waals surface area contributed by atoms with Gasteiger partial charge in [-0.05, 0) is 31.0 Å². The highest BCUT2D eigenvalue weighted by Crippen LogP contribution is 2.28. The number of benzene rings is 1. The smallest absolute Gasteiger partial charge is 0.247 e. The van der Waals surface area contributed by atoms with Crippen molar-refractivity contribution in [2.45, 2.75) is 26.2 Å². The van der Waals surface area contributed by atoms with Gasteiger partial charge in [-0.1, -0.05) is 12.5 Å². The van der Waals surface area contributed by atoms with E-state index in [0.29, 0.717) is 11.8 Å². The van der Waals surface area contributed by atoms with Gasteiger partial charge in [0.2, 0.25) is 17.7 Å². The maximum Gasteiger partial charge on any atom is 0.247 e. The fourth-order valence-corrected chi connectivity index (χ4v) is 2.06. The normalized spacial score (nSPS) is 15.0. The van der Waals surface area contributed by atoms with Crippen molar-refractivity contribution < 1.29 is 9.21 Å². The van der Waals surface area contributed by atoms with Crippen molar-refractivity contribution >= 4 is 11.6 Å². The summed E-state index contributed by atoms with van der Waals surface area (Å²) >= 11 is 0. The lowest BCUT2D eigenvalue weighted by Crippen LogP contribution is -2.27. The predicted molar refractivity (Wildman–Crippen MR) is 70.4 cm³/mol. The van der Waals surface area contributed by atoms with Crippen molar-refractivity contribution in [3.8, 4) is 11.5 Å². The van der Waals surface area contributed by atoms with Gasteiger partial charge in [0.05, 0.1) is 0 Å². The minimum Gasteiger partial charge on any atom is -0.421 e. The van der Waals surface area contributed by atoms with Crippen LogP contribution in [-0.2, 0) is 4.79 Å². The van der Waals surface area contributed by atoms with Crippen LogP contribution in [0.2, 0.25) is 0 Å². The molecule has 1 fully saturated rings. The SMILES string of the molecule is Cc1nnc(-c2cccc(NC(=O)C3CCC3)c2)o1. The molecule has 1 saturated carbocycles. The Labute approximate surface area is 111 Å². The van der Waals surface area contributed by atoms with E-state index < -0.39 is 0 Å². The molecule has 1 aliphatic rings. The molecule has 0 aliphatic heterocycles. The molecular formula is C14H15N3O2. The van der Waals surface area contributed by atoms with E-state index in [4.69, 9.17) is 4.42 Å². The first-order valence-corrected chi connectivity index (χ1v) is 6.44. The van der Waals surface area contributed by atoms with Crippen LogP contribution in [0.25, 0.3) is 11.5 Å². The minimum absolute atomic E-state index is 0.102. The van der Waals surface area contributed by atoms with Gasteiger partial charge in [-0.2, -0.15) is 0 Å². The Bertz CT molecular complexity index is 602. The first-order chi connectivity index (χ1) is 9.22. The molecule has 0 unspecified atom stereocenters. The molecule has 3 rings (SSSR count). The van der Waals surface area contributed by atoms with Crippen molar-refractivity contribution in [3.05, 3.63) is 30.2 Å². The van der Waals surface area contributed by atoms with Crippen LogP contribution < -0.4 is 5.32 Å². The summed E-state index contributed by atoms with van der Waals surface area (Å²) < 4.78 is 5.37. The summed E-state index contributed by atoms with van der Waals surface area (Å²) in [5, 5.41) is 10.7. The average Bonchev–Trinajstić information content (AvgIpc) is 2.74. The lowest BCUT2D eigenvalue weighted by atomic mass is 9.85. The molecule has 0 radical (unpaired) electrons. The number of nitrogens with zero attached hydrogens (tertiary/aromatic N) is 2. The molecule has 19 heavy (non-hydrogen) atoms. The van der Waals surface area contributed by atoms with Crippen LogP contribution in [0.3, 0.4) is 0 Å². The molecule has 1 amide bonds. The summed E-state index contributed by atoms with van der Waals surface area (Å²) in [5.74, 6) is 1.27. The summed E-state index contributed by atoms with van der Waals surface area (Å²) in [6.45, 7) is 1.75. The largest absolute Gasteiger partial charge is 0.421 e. The second-order valence-corrected chi connectivity index (χ2v) is 4.82. The number of amides is 1. The highest BCUT2D eigenvalue weighted by atomic mass is 16.4. The topological polar surface area (TPSA) is 68.0 Å². The number of hydrogen-bond donors (Lipinski definition) is 1. The van der Waals surface area contributed by atoms with E-state index >= 15 is 0 Å². The zero-order valence-corrected chi connectivity index (χ0v) is 10.7. The number of carbonyl (C=O) groups excluding carboxylic acids is 1. The molecule has 1 aromatic carbocycles. The Morgan fingerprint density at radius 1 is 1.37 bits per heavy atom. The molecule has 1 aliphatic carbocycles. The van der Waals surface area contributed by atoms with E-state index in [9.17, 15) is 4.79 Å². The number of aryl methyl sites for hydroxylation is 1. The van der Waals surface area contributed by atoms with Crippen LogP contribution in [0.15, 0.2) is 28.7 Å². The number of nitrogens with one attached hydrogen (secondary N) is 1. The summed E-state index contributed by atoms with van der Waals surface area (Å²) in [6.07, 6.45) is 3.14. The van der Waals surface area contributed by atoms with Crippen molar-refractivity contribution in [1.29, 1.82) is 0 Å². The summed E-state index contributed by atoms with van der Waals surface area (Å²) in [5.41, 5.74) is 1.58. The van der Waals surface area contributed by atoms with Gasteiger partial charge in [-0.3, -0.25) is 4.79 Å². The lowest BCUT2D eigenvalue weighted by molar-refractivity contribution is -0.122. The number of aromatic nitrogens is 2. The predicted octanol–water partition coefficient (Wildman–Crippen LogP) is 2.78. The van der Waals surface area contributed by atoms with Gasteiger partial charge in [0.1, 0.15) is 0 Å². The molecule has 0 saturated heterocycles. The van der Waals surface area contributed by atoms with Crippen molar-refractivity contribution in [2.75, 3.05) is 5.32 Å². The second-order valence-electron chi connectivity index (χ2n) is 4.82. The summed E-state index contributed by atoms with van der Waals surface area (Å²) in [6, 6.07) is 7.46. The van der Waals surface area contributed by atoms with Crippen molar-refractivity contribution in [1.82, 2.24) is 10.2 Å². The molecule has 1 aromatic heterocycles. The van der Waals surface area contributed by atoms with E-state index in [-0.39, 0.29) is 11.8 Å². The fourth-order valence-electron chi connectivity index (χ4n) is 2.06. The number of hydrogen-bond acceptors (Lipinski definition) is 4. The molecule has 0 atom stereocenters. The first kappa shape index (κ1) is 11.9. The third-order valence-corrected chi connectivity index (χ3v) is 3.38. The van der Waals surface area contributed by atoms with Crippen LogP contribution in [0.4, 0.5) is 5.69 Å². The zero-order valence-electron chi connectivity index (χ0n) is 10.7. The molecule has 98 valence electrons. The number of carbonyl (C=O) groups is 1. The Kier molecular flexibility index (Phi) is 3.03. The average molecular weight is 257 g/mol. The molecule has 2 aromatic rings. The molecule has 5 heteroatoms. The van der Waals surface area contributed by atoms with Gasteiger partial charge in [0, 0.05) is 24.1 Å². The third-order valence-electron chi connectivity index (χ3n) is 3.38. The molecule has 1 N–H and O–H groups in total. The van der Waals surface area contributed by atoms with Gasteiger partial charge in [-0.15, -0.1) is 10.2 Å². The maximum atomic E-state index is 11.9. The van der Waals surface area contributed by atoms with Gasteiger partial charge in [0.15, 0.2) is 0 Å². The second kappa shape index (κ2) is 4.84. The third kappa shape index (κ3) is 2.50. The Hall–Kier alpha value is -2.17. The van der Waals surface area contributed by atoms with Gasteiger partial charge in [-0.25, -0.2) is 0 Å². The van der Waals surface area contributed by atoms with E-state index in [2.05, 4.69) is 15.5 Å². The van der Waals surface area contributed by atoms with Gasteiger partial charge >= 0.3 is 0 Å². The zero-order chi connectivity index (χ0) is 13.2. The molecule has 0 spiro atoms. The number of anilines is 1. The Balaban J connectivity index is 1.77. The van der Waals surface area contributed by atoms with Crippen molar-refractivity contribution in [3.63, 3.8) is 0 Å².